The lowest BCUT2D eigenvalue weighted by Crippen LogP contribution is -2.67. The summed E-state index contributed by atoms with van der Waals surface area (Å²) in [4.78, 5) is 0. The van der Waals surface area contributed by atoms with Crippen LogP contribution >= 0.6 is 0 Å². The fraction of sp³-hybridized carbons (Fsp3) is 0.417. The molecule has 0 bridgehead atoms. The highest BCUT2D eigenvalue weighted by Crippen LogP contribution is 2.37. The minimum absolute atomic E-state index is 0.0319. The first-order valence-electron chi connectivity index (χ1n) is 9.93. The molecule has 0 radical (unpaired) electrons. The van der Waals surface area contributed by atoms with Crippen LogP contribution < -0.4 is 10.4 Å². The minimum Gasteiger partial charge on any atom is -0.405 e. The van der Waals surface area contributed by atoms with Crippen LogP contribution in [0.2, 0.25) is 5.04 Å². The average Bonchev–Trinajstić information content (AvgIpc) is 3.15. The van der Waals surface area contributed by atoms with Gasteiger partial charge in [-0.1, -0.05) is 87.4 Å². The first-order valence-corrected chi connectivity index (χ1v) is 11.8. The Bertz CT molecular complexity index is 737. The summed E-state index contributed by atoms with van der Waals surface area (Å²) in [6.45, 7) is 7.70. The summed E-state index contributed by atoms with van der Waals surface area (Å²) in [6.07, 6.45) is 6.88. The van der Waals surface area contributed by atoms with Crippen LogP contribution in [0, 0.1) is 12.3 Å². The largest absolute Gasteiger partial charge is 0.405 e. The van der Waals surface area contributed by atoms with E-state index in [1.807, 2.05) is 0 Å². The highest BCUT2D eigenvalue weighted by molar-refractivity contribution is 6.99. The van der Waals surface area contributed by atoms with Crippen LogP contribution in [0.15, 0.2) is 60.7 Å². The van der Waals surface area contributed by atoms with Crippen LogP contribution in [0.3, 0.4) is 0 Å². The summed E-state index contributed by atoms with van der Waals surface area (Å²) in [7, 11) is -2.52. The van der Waals surface area contributed by atoms with Crippen LogP contribution in [0.5, 0.6) is 0 Å². The number of terminal acetylenes is 1. The number of hydrogen-bond donors (Lipinski definition) is 0. The monoisotopic (exact) mass is 394 g/mol. The lowest BCUT2D eigenvalue weighted by Gasteiger charge is -2.43. The second-order valence-corrected chi connectivity index (χ2v) is 12.6. The maximum Gasteiger partial charge on any atom is 0.261 e. The molecular weight excluding hydrogens is 364 g/mol. The van der Waals surface area contributed by atoms with Crippen molar-refractivity contribution in [2.24, 2.45) is 0 Å². The minimum atomic E-state index is -2.52. The van der Waals surface area contributed by atoms with Gasteiger partial charge in [0.2, 0.25) is 0 Å². The fourth-order valence-corrected chi connectivity index (χ4v) is 8.63. The van der Waals surface area contributed by atoms with Gasteiger partial charge >= 0.3 is 0 Å². The molecule has 0 spiro atoms. The number of benzene rings is 2. The molecule has 2 atom stereocenters. The van der Waals surface area contributed by atoms with E-state index in [0.29, 0.717) is 6.61 Å². The number of ether oxygens (including phenoxy) is 2. The average molecular weight is 395 g/mol. The zero-order valence-corrected chi connectivity index (χ0v) is 18.1. The van der Waals surface area contributed by atoms with E-state index in [2.05, 4.69) is 87.4 Å². The van der Waals surface area contributed by atoms with Gasteiger partial charge < -0.3 is 13.9 Å². The highest BCUT2D eigenvalue weighted by atomic mass is 28.4. The van der Waals surface area contributed by atoms with E-state index in [1.165, 1.54) is 10.4 Å². The van der Waals surface area contributed by atoms with E-state index in [0.717, 1.165) is 12.8 Å². The molecule has 28 heavy (non-hydrogen) atoms. The van der Waals surface area contributed by atoms with E-state index in [-0.39, 0.29) is 24.0 Å². The van der Waals surface area contributed by atoms with Gasteiger partial charge in [-0.15, -0.1) is 6.42 Å². The number of rotatable bonds is 7. The number of hydrogen-bond acceptors (Lipinski definition) is 3. The zero-order valence-electron chi connectivity index (χ0n) is 17.1. The van der Waals surface area contributed by atoms with Crippen molar-refractivity contribution < 1.29 is 13.9 Å². The molecular formula is C24H30O3Si. The van der Waals surface area contributed by atoms with Crippen molar-refractivity contribution in [3.05, 3.63) is 60.7 Å². The van der Waals surface area contributed by atoms with Gasteiger partial charge in [-0.25, -0.2) is 0 Å². The van der Waals surface area contributed by atoms with Crippen LogP contribution in [0.1, 0.15) is 33.6 Å². The molecule has 2 aromatic rings. The van der Waals surface area contributed by atoms with Gasteiger partial charge in [0.05, 0.1) is 12.7 Å². The van der Waals surface area contributed by atoms with Gasteiger partial charge in [0.25, 0.3) is 8.32 Å². The zero-order chi connectivity index (χ0) is 20.0. The van der Waals surface area contributed by atoms with E-state index in [4.69, 9.17) is 20.3 Å². The van der Waals surface area contributed by atoms with E-state index in [9.17, 15) is 0 Å². The second kappa shape index (κ2) is 9.06. The van der Waals surface area contributed by atoms with Crippen molar-refractivity contribution in [3.8, 4) is 12.3 Å². The summed E-state index contributed by atoms with van der Waals surface area (Å²) >= 11 is 0. The Morgan fingerprint density at radius 1 is 1.00 bits per heavy atom. The summed E-state index contributed by atoms with van der Waals surface area (Å²) < 4.78 is 18.5. The third kappa shape index (κ3) is 4.39. The van der Waals surface area contributed by atoms with Gasteiger partial charge in [0, 0.05) is 6.42 Å². The molecule has 1 aliphatic rings. The third-order valence-electron chi connectivity index (χ3n) is 5.32. The smallest absolute Gasteiger partial charge is 0.261 e. The SMILES string of the molecule is C#CCO[C@@H]1CC[C@@H](CO[Si](c2ccccc2)(c2ccccc2)C(C)(C)C)O1. The Balaban J connectivity index is 1.88. The van der Waals surface area contributed by atoms with Crippen molar-refractivity contribution in [1.82, 2.24) is 0 Å². The molecule has 4 heteroatoms. The summed E-state index contributed by atoms with van der Waals surface area (Å²) in [5.74, 6) is 2.50. The molecule has 3 rings (SSSR count). The Morgan fingerprint density at radius 2 is 1.57 bits per heavy atom. The van der Waals surface area contributed by atoms with Gasteiger partial charge in [-0.2, -0.15) is 0 Å². The van der Waals surface area contributed by atoms with Crippen LogP contribution in [-0.2, 0) is 13.9 Å². The Morgan fingerprint density at radius 3 is 2.07 bits per heavy atom. The molecule has 0 N–H and O–H groups in total. The van der Waals surface area contributed by atoms with Crippen molar-refractivity contribution in [3.63, 3.8) is 0 Å². The quantitative estimate of drug-likeness (QED) is 0.529. The summed E-state index contributed by atoms with van der Waals surface area (Å²) in [5.41, 5.74) is 0. The Kier molecular flexibility index (Phi) is 6.74. The van der Waals surface area contributed by atoms with Crippen molar-refractivity contribution >= 4 is 18.7 Å². The molecule has 1 fully saturated rings. The predicted molar refractivity (Wildman–Crippen MR) is 116 cm³/mol. The predicted octanol–water partition coefficient (Wildman–Crippen LogP) is 3.72. The Hall–Kier alpha value is -1.90. The lowest BCUT2D eigenvalue weighted by atomic mass is 10.2. The van der Waals surface area contributed by atoms with Gasteiger partial charge in [0.1, 0.15) is 6.61 Å². The van der Waals surface area contributed by atoms with Gasteiger partial charge in [-0.3, -0.25) is 0 Å². The fourth-order valence-electron chi connectivity index (χ4n) is 4.04. The molecule has 3 nitrogen and oxygen atoms in total. The van der Waals surface area contributed by atoms with Crippen molar-refractivity contribution in [2.75, 3.05) is 13.2 Å². The van der Waals surface area contributed by atoms with Crippen LogP contribution in [-0.4, -0.2) is 33.9 Å². The Labute approximate surface area is 170 Å². The standard InChI is InChI=1S/C24H30O3Si/c1-5-18-25-23-17-16-20(27-23)19-26-28(24(2,3)4,21-12-8-6-9-13-21)22-14-10-7-11-15-22/h1,6-15,20,23H,16-19H2,2-4H3/t20-,23-/m0/s1. The first-order chi connectivity index (χ1) is 13.5. The molecule has 1 saturated heterocycles. The molecule has 0 unspecified atom stereocenters. The lowest BCUT2D eigenvalue weighted by molar-refractivity contribution is -0.130. The maximum absolute atomic E-state index is 6.92. The first kappa shape index (κ1) is 20.8. The van der Waals surface area contributed by atoms with Crippen LogP contribution in [0.25, 0.3) is 0 Å². The third-order valence-corrected chi connectivity index (χ3v) is 10.3. The topological polar surface area (TPSA) is 27.7 Å². The summed E-state index contributed by atoms with van der Waals surface area (Å²) in [5, 5.41) is 2.53. The maximum atomic E-state index is 6.92. The highest BCUT2D eigenvalue weighted by Gasteiger charge is 2.50. The molecule has 1 heterocycles. The normalized spacial score (nSPS) is 20.1. The molecule has 148 valence electrons. The molecule has 2 aromatic carbocycles. The molecule has 0 saturated carbocycles. The van der Waals surface area contributed by atoms with Gasteiger partial charge in [0.15, 0.2) is 6.29 Å². The van der Waals surface area contributed by atoms with Crippen molar-refractivity contribution in [2.45, 2.75) is 51.0 Å². The second-order valence-electron chi connectivity index (χ2n) is 8.25. The van der Waals surface area contributed by atoms with E-state index in [1.54, 1.807) is 0 Å². The van der Waals surface area contributed by atoms with E-state index < -0.39 is 8.32 Å². The van der Waals surface area contributed by atoms with Crippen LogP contribution in [0.4, 0.5) is 0 Å². The molecule has 0 amide bonds. The van der Waals surface area contributed by atoms with E-state index >= 15 is 0 Å². The summed E-state index contributed by atoms with van der Waals surface area (Å²) in [6, 6.07) is 21.4. The molecule has 0 aromatic heterocycles. The molecule has 0 aliphatic carbocycles. The molecule has 1 aliphatic heterocycles. The van der Waals surface area contributed by atoms with Gasteiger partial charge in [-0.05, 0) is 21.8 Å². The van der Waals surface area contributed by atoms with Crippen molar-refractivity contribution in [1.29, 1.82) is 0 Å².